The smallest absolute Gasteiger partial charge is 0.0235 e. The van der Waals surface area contributed by atoms with E-state index in [1.54, 1.807) is 19.3 Å². The second-order valence-electron chi connectivity index (χ2n) is 16.3. The van der Waals surface area contributed by atoms with E-state index in [0.29, 0.717) is 27.1 Å². The van der Waals surface area contributed by atoms with Crippen LogP contribution in [0.25, 0.3) is 0 Å². The van der Waals surface area contributed by atoms with E-state index in [0.717, 1.165) is 35.5 Å². The summed E-state index contributed by atoms with van der Waals surface area (Å²) in [6.45, 7) is 21.5. The molecule has 0 aromatic heterocycles. The van der Waals surface area contributed by atoms with Crippen LogP contribution in [0.15, 0.2) is 0 Å². The Kier molecular flexibility index (Phi) is 6.42. The average molecular weight is 469 g/mol. The first-order chi connectivity index (χ1) is 15.9. The summed E-state index contributed by atoms with van der Waals surface area (Å²) in [6, 6.07) is 0. The average Bonchev–Trinajstić information content (AvgIpc) is 3.11. The number of hydrogen-bond donors (Lipinski definition) is 0. The van der Waals surface area contributed by atoms with Crippen LogP contribution in [0.2, 0.25) is 0 Å². The molecule has 0 heteroatoms. The number of hydrogen-bond acceptors (Lipinski definition) is 0. The maximum absolute atomic E-state index is 2.83. The molecule has 0 radical (unpaired) electrons. The van der Waals surface area contributed by atoms with Crippen molar-refractivity contribution in [2.24, 2.45) is 62.6 Å². The summed E-state index contributed by atoms with van der Waals surface area (Å²) in [5, 5.41) is 0. The van der Waals surface area contributed by atoms with Crippen LogP contribution >= 0.6 is 0 Å². The Labute approximate surface area is 214 Å². The largest absolute Gasteiger partial charge is 0.0654 e. The zero-order valence-corrected chi connectivity index (χ0v) is 24.6. The maximum Gasteiger partial charge on any atom is -0.0235 e. The molecule has 0 nitrogen and oxygen atoms in total. The Morgan fingerprint density at radius 3 is 1.97 bits per heavy atom. The molecule has 0 aliphatic heterocycles. The first-order valence-corrected chi connectivity index (χ1v) is 15.9. The lowest BCUT2D eigenvalue weighted by Gasteiger charge is -2.73. The Bertz CT molecular complexity index is 749. The van der Waals surface area contributed by atoms with E-state index >= 15 is 0 Å². The summed E-state index contributed by atoms with van der Waals surface area (Å²) in [6.07, 6.45) is 22.5. The number of rotatable bonds is 5. The zero-order chi connectivity index (χ0) is 24.6. The molecule has 10 atom stereocenters. The summed E-state index contributed by atoms with van der Waals surface area (Å²) in [4.78, 5) is 0. The molecule has 5 aliphatic rings. The maximum atomic E-state index is 2.83. The third kappa shape index (κ3) is 3.41. The first kappa shape index (κ1) is 25.6. The van der Waals surface area contributed by atoms with Crippen molar-refractivity contribution in [3.05, 3.63) is 0 Å². The van der Waals surface area contributed by atoms with Gasteiger partial charge in [0.2, 0.25) is 0 Å². The van der Waals surface area contributed by atoms with Gasteiger partial charge in [-0.3, -0.25) is 0 Å². The van der Waals surface area contributed by atoms with Gasteiger partial charge in [-0.2, -0.15) is 0 Å². The van der Waals surface area contributed by atoms with E-state index in [4.69, 9.17) is 0 Å². The second-order valence-corrected chi connectivity index (χ2v) is 16.3. The summed E-state index contributed by atoms with van der Waals surface area (Å²) in [5.74, 6) is 5.88. The highest BCUT2D eigenvalue weighted by atomic mass is 14.7. The predicted molar refractivity (Wildman–Crippen MR) is 148 cm³/mol. The van der Waals surface area contributed by atoms with Gasteiger partial charge in [-0.05, 0) is 127 Å². The molecule has 0 aromatic carbocycles. The third-order valence-electron chi connectivity index (χ3n) is 14.8. The van der Waals surface area contributed by atoms with Gasteiger partial charge in [0, 0.05) is 0 Å². The molecule has 34 heavy (non-hydrogen) atoms. The summed E-state index contributed by atoms with van der Waals surface area (Å²) in [5.41, 5.74) is 2.90. The SMILES string of the molecule is CCCCCC(C)C1CC[C@]2(C)[C@H]3CC[C@@H]4[C@@]5(C)CCCC(C)(C)[C@@H]5CC[C@@]4(C)[C@]3(C)CC[C@@H]12. The molecule has 0 N–H and O–H groups in total. The molecule has 0 spiro atoms. The molecule has 5 fully saturated rings. The number of unbranched alkanes of at least 4 members (excludes halogenated alkanes) is 2. The van der Waals surface area contributed by atoms with Crippen molar-refractivity contribution in [2.75, 3.05) is 0 Å². The van der Waals surface area contributed by atoms with Gasteiger partial charge < -0.3 is 0 Å². The molecular weight excluding hydrogens is 408 g/mol. The van der Waals surface area contributed by atoms with Gasteiger partial charge in [0.05, 0.1) is 0 Å². The molecular formula is C34H60. The van der Waals surface area contributed by atoms with Crippen LogP contribution in [-0.4, -0.2) is 0 Å². The van der Waals surface area contributed by atoms with Crippen molar-refractivity contribution in [3.63, 3.8) is 0 Å². The molecule has 5 rings (SSSR count). The molecule has 2 unspecified atom stereocenters. The quantitative estimate of drug-likeness (QED) is 0.352. The topological polar surface area (TPSA) is 0 Å². The van der Waals surface area contributed by atoms with Crippen molar-refractivity contribution in [3.8, 4) is 0 Å². The van der Waals surface area contributed by atoms with Crippen LogP contribution in [0.3, 0.4) is 0 Å². The molecule has 196 valence electrons. The first-order valence-electron chi connectivity index (χ1n) is 15.9. The van der Waals surface area contributed by atoms with Crippen LogP contribution in [0, 0.1) is 62.6 Å². The van der Waals surface area contributed by atoms with E-state index < -0.39 is 0 Å². The summed E-state index contributed by atoms with van der Waals surface area (Å²) in [7, 11) is 0. The lowest BCUT2D eigenvalue weighted by Crippen LogP contribution is -2.65. The normalized spacial score (nSPS) is 52.8. The monoisotopic (exact) mass is 468 g/mol. The molecule has 5 saturated carbocycles. The van der Waals surface area contributed by atoms with Gasteiger partial charge in [-0.15, -0.1) is 0 Å². The third-order valence-corrected chi connectivity index (χ3v) is 14.8. The molecule has 0 amide bonds. The van der Waals surface area contributed by atoms with E-state index in [2.05, 4.69) is 55.4 Å². The van der Waals surface area contributed by atoms with E-state index in [1.165, 1.54) is 77.0 Å². The highest BCUT2D eigenvalue weighted by Gasteiger charge is 2.70. The summed E-state index contributed by atoms with van der Waals surface area (Å²) >= 11 is 0. The van der Waals surface area contributed by atoms with E-state index in [1.807, 2.05) is 0 Å². The fourth-order valence-corrected chi connectivity index (χ4v) is 12.9. The van der Waals surface area contributed by atoms with E-state index in [9.17, 15) is 0 Å². The fraction of sp³-hybridized carbons (Fsp3) is 1.00. The Morgan fingerprint density at radius 1 is 0.647 bits per heavy atom. The Balaban J connectivity index is 1.41. The fourth-order valence-electron chi connectivity index (χ4n) is 12.9. The van der Waals surface area contributed by atoms with Crippen molar-refractivity contribution >= 4 is 0 Å². The highest BCUT2D eigenvalue weighted by Crippen LogP contribution is 2.78. The van der Waals surface area contributed by atoms with E-state index in [-0.39, 0.29) is 0 Å². The predicted octanol–water partition coefficient (Wildman–Crippen LogP) is 10.7. The van der Waals surface area contributed by atoms with Gasteiger partial charge in [0.25, 0.3) is 0 Å². The van der Waals surface area contributed by atoms with Gasteiger partial charge in [-0.25, -0.2) is 0 Å². The summed E-state index contributed by atoms with van der Waals surface area (Å²) < 4.78 is 0. The minimum atomic E-state index is 0.558. The molecule has 0 aromatic rings. The lowest BCUT2D eigenvalue weighted by atomic mass is 9.32. The van der Waals surface area contributed by atoms with Gasteiger partial charge in [0.1, 0.15) is 0 Å². The van der Waals surface area contributed by atoms with Crippen LogP contribution < -0.4 is 0 Å². The van der Waals surface area contributed by atoms with Crippen LogP contribution in [0.5, 0.6) is 0 Å². The van der Waals surface area contributed by atoms with Gasteiger partial charge in [-0.1, -0.05) is 87.5 Å². The molecule has 0 bridgehead atoms. The highest BCUT2D eigenvalue weighted by molar-refractivity contribution is 5.19. The van der Waals surface area contributed by atoms with Crippen LogP contribution in [0.1, 0.15) is 152 Å². The minimum Gasteiger partial charge on any atom is -0.0654 e. The Hall–Kier alpha value is 0. The van der Waals surface area contributed by atoms with Crippen LogP contribution in [-0.2, 0) is 0 Å². The van der Waals surface area contributed by atoms with Gasteiger partial charge in [0.15, 0.2) is 0 Å². The second kappa shape index (κ2) is 8.51. The Morgan fingerprint density at radius 2 is 1.29 bits per heavy atom. The lowest BCUT2D eigenvalue weighted by molar-refractivity contribution is -0.241. The number of fused-ring (bicyclic) bond motifs is 7. The molecule has 5 aliphatic carbocycles. The van der Waals surface area contributed by atoms with Gasteiger partial charge >= 0.3 is 0 Å². The zero-order valence-electron chi connectivity index (χ0n) is 24.6. The molecule has 0 saturated heterocycles. The van der Waals surface area contributed by atoms with Crippen molar-refractivity contribution in [1.29, 1.82) is 0 Å². The standard InChI is InChI=1S/C34H60/c1-9-10-11-13-24(2)25-16-21-31(5)26(25)17-22-33(7)28(31)14-15-29-32(6)20-12-19-30(3,4)27(32)18-23-34(29,33)8/h24-29H,9-23H2,1-8H3/t24?,25?,26-,27-,28+,29+,31-,32-,33+,34+/m0/s1. The van der Waals surface area contributed by atoms with Crippen molar-refractivity contribution in [1.82, 2.24) is 0 Å². The minimum absolute atomic E-state index is 0.558. The van der Waals surface area contributed by atoms with Crippen molar-refractivity contribution < 1.29 is 0 Å². The van der Waals surface area contributed by atoms with Crippen LogP contribution in [0.4, 0.5) is 0 Å². The van der Waals surface area contributed by atoms with Crippen molar-refractivity contribution in [2.45, 2.75) is 152 Å². The molecule has 0 heterocycles.